The number of para-hydroxylation sites is 1. The number of nitrogens with one attached hydrogen (secondary N) is 1. The van der Waals surface area contributed by atoms with Gasteiger partial charge in [0.05, 0.1) is 5.69 Å². The van der Waals surface area contributed by atoms with Gasteiger partial charge in [-0.25, -0.2) is 0 Å². The van der Waals surface area contributed by atoms with E-state index in [0.29, 0.717) is 36.1 Å². The molecule has 9 nitrogen and oxygen atoms in total. The molecule has 0 spiro atoms. The Kier molecular flexibility index (Phi) is 5.25. The molecule has 36 heavy (non-hydrogen) atoms. The number of benzene rings is 2. The third-order valence-electron chi connectivity index (χ3n) is 6.50. The molecule has 3 aromatic heterocycles. The molecule has 1 aliphatic heterocycles. The Balaban J connectivity index is 1.40. The van der Waals surface area contributed by atoms with Gasteiger partial charge < -0.3 is 10.1 Å². The molecule has 1 unspecified atom stereocenters. The third-order valence-corrected chi connectivity index (χ3v) is 6.50. The van der Waals surface area contributed by atoms with E-state index >= 15 is 0 Å². The van der Waals surface area contributed by atoms with Crippen LogP contribution in [0.15, 0.2) is 60.7 Å². The standard InChI is InChI=1S/C27H25N7O2/c1-16-7-6-8-19(13-16)15-36-22-10-5-4-9-20(22)21-14-25(35)28-27-26(21)17(2)31-34(27)24-12-11-23-30-29-18(3)33(23)32-24/h4-13,21H,14-15H2,1-3H3,(H,28,35). The number of anilines is 1. The molecule has 0 saturated heterocycles. The van der Waals surface area contributed by atoms with Crippen LogP contribution in [-0.2, 0) is 11.4 Å². The first-order chi connectivity index (χ1) is 17.5. The van der Waals surface area contributed by atoms with E-state index in [2.05, 4.69) is 45.7 Å². The van der Waals surface area contributed by atoms with Crippen molar-refractivity contribution in [2.75, 3.05) is 5.32 Å². The maximum absolute atomic E-state index is 12.9. The average Bonchev–Trinajstić information content (AvgIpc) is 3.41. The van der Waals surface area contributed by atoms with Gasteiger partial charge in [0.1, 0.15) is 18.2 Å². The second-order valence-corrected chi connectivity index (χ2v) is 9.09. The second kappa shape index (κ2) is 8.60. The highest BCUT2D eigenvalue weighted by atomic mass is 16.5. The summed E-state index contributed by atoms with van der Waals surface area (Å²) in [5, 5.41) is 20.6. The van der Waals surface area contributed by atoms with Crippen LogP contribution in [0.1, 0.15) is 46.1 Å². The fourth-order valence-electron chi connectivity index (χ4n) is 4.84. The zero-order chi connectivity index (χ0) is 24.8. The van der Waals surface area contributed by atoms with Gasteiger partial charge in [0.2, 0.25) is 5.91 Å². The van der Waals surface area contributed by atoms with E-state index in [4.69, 9.17) is 9.84 Å². The van der Waals surface area contributed by atoms with Gasteiger partial charge in [0.25, 0.3) is 0 Å². The summed E-state index contributed by atoms with van der Waals surface area (Å²) in [4.78, 5) is 12.9. The molecule has 1 amide bonds. The summed E-state index contributed by atoms with van der Waals surface area (Å²) in [5.74, 6) is 2.35. The molecule has 0 saturated carbocycles. The summed E-state index contributed by atoms with van der Waals surface area (Å²) in [6, 6.07) is 19.8. The Morgan fingerprint density at radius 2 is 1.86 bits per heavy atom. The van der Waals surface area contributed by atoms with Crippen molar-refractivity contribution in [2.45, 2.75) is 39.7 Å². The number of aryl methyl sites for hydroxylation is 3. The van der Waals surface area contributed by atoms with Crippen LogP contribution in [0.3, 0.4) is 0 Å². The maximum atomic E-state index is 12.9. The van der Waals surface area contributed by atoms with Crippen molar-refractivity contribution in [3.63, 3.8) is 0 Å². The topological polar surface area (TPSA) is 99.2 Å². The number of rotatable bonds is 5. The lowest BCUT2D eigenvalue weighted by Crippen LogP contribution is -2.25. The van der Waals surface area contributed by atoms with Gasteiger partial charge in [-0.1, -0.05) is 48.0 Å². The van der Waals surface area contributed by atoms with Crippen molar-refractivity contribution in [3.8, 4) is 11.6 Å². The first-order valence-corrected chi connectivity index (χ1v) is 11.8. The molecule has 1 atom stereocenters. The van der Waals surface area contributed by atoms with E-state index in [0.717, 1.165) is 28.1 Å². The van der Waals surface area contributed by atoms with Crippen LogP contribution in [0.5, 0.6) is 5.75 Å². The fraction of sp³-hybridized carbons (Fsp3) is 0.222. The third kappa shape index (κ3) is 3.78. The molecule has 6 rings (SSSR count). The van der Waals surface area contributed by atoms with Crippen LogP contribution in [0.2, 0.25) is 0 Å². The van der Waals surface area contributed by atoms with Gasteiger partial charge in [-0.05, 0) is 44.5 Å². The number of hydrogen-bond donors (Lipinski definition) is 1. The van der Waals surface area contributed by atoms with E-state index in [1.54, 1.807) is 9.20 Å². The highest BCUT2D eigenvalue weighted by molar-refractivity contribution is 5.95. The van der Waals surface area contributed by atoms with Gasteiger partial charge >= 0.3 is 0 Å². The summed E-state index contributed by atoms with van der Waals surface area (Å²) in [6.07, 6.45) is 0.307. The highest BCUT2D eigenvalue weighted by Crippen LogP contribution is 2.43. The number of aromatic nitrogens is 6. The van der Waals surface area contributed by atoms with Gasteiger partial charge in [0.15, 0.2) is 17.3 Å². The Morgan fingerprint density at radius 3 is 2.72 bits per heavy atom. The summed E-state index contributed by atoms with van der Waals surface area (Å²) in [6.45, 7) is 6.31. The summed E-state index contributed by atoms with van der Waals surface area (Å²) < 4.78 is 9.62. The largest absolute Gasteiger partial charge is 0.489 e. The van der Waals surface area contributed by atoms with Gasteiger partial charge in [0, 0.05) is 23.5 Å². The fourth-order valence-corrected chi connectivity index (χ4v) is 4.84. The average molecular weight is 480 g/mol. The maximum Gasteiger partial charge on any atom is 0.226 e. The molecular formula is C27H25N7O2. The van der Waals surface area contributed by atoms with Crippen LogP contribution in [0.25, 0.3) is 11.5 Å². The number of nitrogens with zero attached hydrogens (tertiary/aromatic N) is 6. The quantitative estimate of drug-likeness (QED) is 0.404. The van der Waals surface area contributed by atoms with Crippen molar-refractivity contribution < 1.29 is 9.53 Å². The van der Waals surface area contributed by atoms with E-state index in [-0.39, 0.29) is 11.8 Å². The summed E-state index contributed by atoms with van der Waals surface area (Å²) in [7, 11) is 0. The minimum Gasteiger partial charge on any atom is -0.489 e. The number of carbonyl (C=O) groups is 1. The molecule has 180 valence electrons. The van der Waals surface area contributed by atoms with Crippen LogP contribution in [0, 0.1) is 20.8 Å². The van der Waals surface area contributed by atoms with Gasteiger partial charge in [-0.2, -0.15) is 14.3 Å². The Morgan fingerprint density at radius 1 is 1.00 bits per heavy atom. The predicted octanol–water partition coefficient (Wildman–Crippen LogP) is 4.29. The molecule has 0 radical (unpaired) electrons. The Labute approximate surface area is 207 Å². The predicted molar refractivity (Wildman–Crippen MR) is 134 cm³/mol. The second-order valence-electron chi connectivity index (χ2n) is 9.09. The van der Waals surface area contributed by atoms with E-state index in [1.165, 1.54) is 5.56 Å². The number of ether oxygens (including phenoxy) is 1. The van der Waals surface area contributed by atoms with Crippen molar-refractivity contribution >= 4 is 17.4 Å². The Hall–Kier alpha value is -4.53. The minimum absolute atomic E-state index is 0.0799. The first-order valence-electron chi connectivity index (χ1n) is 11.8. The molecule has 0 aliphatic carbocycles. The lowest BCUT2D eigenvalue weighted by Gasteiger charge is -2.26. The van der Waals surface area contributed by atoms with Crippen LogP contribution in [-0.4, -0.2) is 35.5 Å². The normalized spacial score (nSPS) is 15.1. The van der Waals surface area contributed by atoms with Crippen molar-refractivity contribution in [2.24, 2.45) is 0 Å². The zero-order valence-electron chi connectivity index (χ0n) is 20.3. The van der Waals surface area contributed by atoms with Gasteiger partial charge in [-0.3, -0.25) is 4.79 Å². The van der Waals surface area contributed by atoms with Crippen molar-refractivity contribution in [3.05, 3.63) is 94.4 Å². The van der Waals surface area contributed by atoms with E-state index in [9.17, 15) is 4.79 Å². The molecule has 0 fully saturated rings. The first kappa shape index (κ1) is 22.0. The molecule has 1 aliphatic rings. The molecule has 5 aromatic rings. The minimum atomic E-state index is -0.198. The van der Waals surface area contributed by atoms with E-state index < -0.39 is 0 Å². The number of carbonyl (C=O) groups excluding carboxylic acids is 1. The summed E-state index contributed by atoms with van der Waals surface area (Å²) >= 11 is 0. The smallest absolute Gasteiger partial charge is 0.226 e. The SMILES string of the molecule is Cc1cccc(COc2ccccc2C2CC(=O)Nc3c2c(C)nn3-c2ccc3nnc(C)n3n2)c1. The van der Waals surface area contributed by atoms with Crippen molar-refractivity contribution in [1.82, 2.24) is 29.6 Å². The van der Waals surface area contributed by atoms with E-state index in [1.807, 2.05) is 56.3 Å². The lowest BCUT2D eigenvalue weighted by molar-refractivity contribution is -0.116. The lowest BCUT2D eigenvalue weighted by atomic mass is 9.85. The zero-order valence-corrected chi connectivity index (χ0v) is 20.3. The summed E-state index contributed by atoms with van der Waals surface area (Å²) in [5.41, 5.74) is 5.68. The molecule has 2 aromatic carbocycles. The van der Waals surface area contributed by atoms with Gasteiger partial charge in [-0.15, -0.1) is 15.3 Å². The van der Waals surface area contributed by atoms with Crippen LogP contribution >= 0.6 is 0 Å². The highest BCUT2D eigenvalue weighted by Gasteiger charge is 2.34. The van der Waals surface area contributed by atoms with Crippen molar-refractivity contribution in [1.29, 1.82) is 0 Å². The number of hydrogen-bond acceptors (Lipinski definition) is 6. The molecule has 4 heterocycles. The molecule has 9 heteroatoms. The molecule has 0 bridgehead atoms. The molecular weight excluding hydrogens is 454 g/mol. The number of fused-ring (bicyclic) bond motifs is 2. The van der Waals surface area contributed by atoms with Crippen LogP contribution in [0.4, 0.5) is 5.82 Å². The Bertz CT molecular complexity index is 1620. The molecule has 1 N–H and O–H groups in total. The monoisotopic (exact) mass is 479 g/mol. The van der Waals surface area contributed by atoms with Crippen LogP contribution < -0.4 is 10.1 Å². The number of amides is 1.